The second kappa shape index (κ2) is 5.99. The average Bonchev–Trinajstić information content (AvgIpc) is 3.19. The Morgan fingerprint density at radius 3 is 3.14 bits per heavy atom. The Balaban J connectivity index is 1.78. The van der Waals surface area contributed by atoms with E-state index in [0.717, 1.165) is 23.6 Å². The lowest BCUT2D eigenvalue weighted by Crippen LogP contribution is -2.27. The highest BCUT2D eigenvalue weighted by molar-refractivity contribution is 7.10. The maximum Gasteiger partial charge on any atom is 0.255 e. The number of ether oxygens (including phenoxy) is 1. The van der Waals surface area contributed by atoms with Crippen LogP contribution in [-0.2, 0) is 11.8 Å². The van der Waals surface area contributed by atoms with Gasteiger partial charge in [-0.25, -0.2) is 0 Å². The third-order valence-corrected chi connectivity index (χ3v) is 4.79. The molecule has 1 aliphatic heterocycles. The topological polar surface area (TPSA) is 56.2 Å². The van der Waals surface area contributed by atoms with Crippen LogP contribution in [-0.4, -0.2) is 28.9 Å². The maximum atomic E-state index is 12.5. The van der Waals surface area contributed by atoms with Crippen molar-refractivity contribution in [1.82, 2.24) is 15.1 Å². The number of nitrogens with one attached hydrogen (secondary N) is 1. The van der Waals surface area contributed by atoms with Crippen molar-refractivity contribution in [3.05, 3.63) is 39.8 Å². The minimum absolute atomic E-state index is 0.00499. The minimum Gasteiger partial charge on any atom is -0.381 e. The summed E-state index contributed by atoms with van der Waals surface area (Å²) in [7, 11) is 1.85. The second-order valence-corrected chi connectivity index (χ2v) is 6.35. The van der Waals surface area contributed by atoms with E-state index in [0.29, 0.717) is 12.2 Å². The van der Waals surface area contributed by atoms with Crippen LogP contribution in [0.1, 0.15) is 46.2 Å². The van der Waals surface area contributed by atoms with E-state index < -0.39 is 0 Å². The predicted molar refractivity (Wildman–Crippen MR) is 81.6 cm³/mol. The van der Waals surface area contributed by atoms with Gasteiger partial charge < -0.3 is 10.1 Å². The van der Waals surface area contributed by atoms with Gasteiger partial charge in [0, 0.05) is 30.6 Å². The first-order valence-corrected chi connectivity index (χ1v) is 7.98. The summed E-state index contributed by atoms with van der Waals surface area (Å²) in [6.07, 6.45) is 2.72. The van der Waals surface area contributed by atoms with Gasteiger partial charge in [0.25, 0.3) is 5.91 Å². The number of aromatic nitrogens is 2. The van der Waals surface area contributed by atoms with E-state index >= 15 is 0 Å². The van der Waals surface area contributed by atoms with Gasteiger partial charge in [0.2, 0.25) is 0 Å². The molecule has 1 saturated heterocycles. The van der Waals surface area contributed by atoms with Crippen molar-refractivity contribution in [1.29, 1.82) is 0 Å². The zero-order valence-electron chi connectivity index (χ0n) is 12.2. The van der Waals surface area contributed by atoms with Crippen LogP contribution in [0.2, 0.25) is 0 Å². The smallest absolute Gasteiger partial charge is 0.255 e. The molecule has 5 nitrogen and oxygen atoms in total. The molecule has 1 fully saturated rings. The normalized spacial score (nSPS) is 19.6. The highest BCUT2D eigenvalue weighted by Crippen LogP contribution is 2.27. The Morgan fingerprint density at radius 1 is 1.62 bits per heavy atom. The lowest BCUT2D eigenvalue weighted by atomic mass is 10.0. The quantitative estimate of drug-likeness (QED) is 0.944. The van der Waals surface area contributed by atoms with Crippen molar-refractivity contribution < 1.29 is 9.53 Å². The summed E-state index contributed by atoms with van der Waals surface area (Å²) in [5.74, 6) is 0.162. The first-order valence-electron chi connectivity index (χ1n) is 7.10. The number of nitrogens with zero attached hydrogens (tertiary/aromatic N) is 2. The van der Waals surface area contributed by atoms with E-state index in [2.05, 4.69) is 10.4 Å². The summed E-state index contributed by atoms with van der Waals surface area (Å²) in [6, 6.07) is 4.03. The molecule has 0 unspecified atom stereocenters. The van der Waals surface area contributed by atoms with Crippen molar-refractivity contribution in [3.63, 3.8) is 0 Å². The summed E-state index contributed by atoms with van der Waals surface area (Å²) in [4.78, 5) is 13.7. The lowest BCUT2D eigenvalue weighted by molar-refractivity contribution is 0.0939. The molecule has 0 saturated carbocycles. The molecule has 1 N–H and O–H groups in total. The third kappa shape index (κ3) is 3.01. The Hall–Kier alpha value is -1.66. The minimum atomic E-state index is -0.0640. The lowest BCUT2D eigenvalue weighted by Gasteiger charge is -2.13. The number of thiophene rings is 1. The summed E-state index contributed by atoms with van der Waals surface area (Å²) in [6.45, 7) is 3.39. The van der Waals surface area contributed by atoms with Crippen molar-refractivity contribution in [2.24, 2.45) is 7.05 Å². The van der Waals surface area contributed by atoms with Gasteiger partial charge in [-0.05, 0) is 24.8 Å². The molecule has 21 heavy (non-hydrogen) atoms. The van der Waals surface area contributed by atoms with Crippen molar-refractivity contribution in [2.75, 3.05) is 13.2 Å². The van der Waals surface area contributed by atoms with Gasteiger partial charge in [-0.3, -0.25) is 9.48 Å². The number of carbonyl (C=O) groups is 1. The van der Waals surface area contributed by atoms with Crippen LogP contribution in [0.15, 0.2) is 23.7 Å². The molecule has 112 valence electrons. The number of rotatable bonds is 4. The van der Waals surface area contributed by atoms with Crippen LogP contribution in [0.3, 0.4) is 0 Å². The molecule has 6 heteroatoms. The predicted octanol–water partition coefficient (Wildman–Crippen LogP) is 2.48. The van der Waals surface area contributed by atoms with Gasteiger partial charge in [0.1, 0.15) is 0 Å². The fraction of sp³-hybridized carbons (Fsp3) is 0.467. The molecule has 2 aromatic heterocycles. The summed E-state index contributed by atoms with van der Waals surface area (Å²) in [5.41, 5.74) is 1.52. The molecule has 0 aromatic carbocycles. The van der Waals surface area contributed by atoms with E-state index in [1.54, 1.807) is 22.2 Å². The van der Waals surface area contributed by atoms with E-state index in [-0.39, 0.29) is 17.9 Å². The molecule has 0 bridgehead atoms. The van der Waals surface area contributed by atoms with E-state index in [4.69, 9.17) is 4.74 Å². The summed E-state index contributed by atoms with van der Waals surface area (Å²) >= 11 is 1.65. The number of carbonyl (C=O) groups excluding carboxylic acids is 1. The fourth-order valence-electron chi connectivity index (χ4n) is 2.62. The molecular weight excluding hydrogens is 286 g/mol. The highest BCUT2D eigenvalue weighted by atomic mass is 32.1. The van der Waals surface area contributed by atoms with Crippen LogP contribution in [0.5, 0.6) is 0 Å². The van der Waals surface area contributed by atoms with Crippen LogP contribution in [0, 0.1) is 0 Å². The largest absolute Gasteiger partial charge is 0.381 e. The van der Waals surface area contributed by atoms with Gasteiger partial charge in [-0.2, -0.15) is 5.10 Å². The van der Waals surface area contributed by atoms with E-state index in [1.807, 2.05) is 31.5 Å². The molecular formula is C15H19N3O2S. The van der Waals surface area contributed by atoms with Gasteiger partial charge >= 0.3 is 0 Å². The maximum absolute atomic E-state index is 12.5. The molecule has 0 radical (unpaired) electrons. The van der Waals surface area contributed by atoms with Gasteiger partial charge in [0.15, 0.2) is 0 Å². The number of aryl methyl sites for hydroxylation is 1. The van der Waals surface area contributed by atoms with Gasteiger partial charge in [0.05, 0.1) is 23.9 Å². The number of hydrogen-bond donors (Lipinski definition) is 1. The summed E-state index contributed by atoms with van der Waals surface area (Å²) in [5, 5.41) is 9.53. The van der Waals surface area contributed by atoms with Gasteiger partial charge in [-0.15, -0.1) is 11.3 Å². The Kier molecular flexibility index (Phi) is 4.07. The fourth-order valence-corrected chi connectivity index (χ4v) is 3.35. The highest BCUT2D eigenvalue weighted by Gasteiger charge is 2.27. The number of amides is 1. The second-order valence-electron chi connectivity index (χ2n) is 5.37. The zero-order chi connectivity index (χ0) is 14.8. The molecule has 1 aliphatic rings. The summed E-state index contributed by atoms with van der Waals surface area (Å²) < 4.78 is 7.12. The molecule has 3 heterocycles. The van der Waals surface area contributed by atoms with Gasteiger partial charge in [-0.1, -0.05) is 6.07 Å². The zero-order valence-corrected chi connectivity index (χ0v) is 13.0. The van der Waals surface area contributed by atoms with Crippen molar-refractivity contribution in [2.45, 2.75) is 25.3 Å². The SMILES string of the molecule is C[C@@H](NC(=O)c1cn(C)nc1[C@@H]1CCOC1)c1cccs1. The molecule has 2 atom stereocenters. The molecule has 0 aliphatic carbocycles. The molecule has 1 amide bonds. The van der Waals surface area contributed by atoms with Crippen molar-refractivity contribution in [3.8, 4) is 0 Å². The van der Waals surface area contributed by atoms with Crippen LogP contribution in [0.4, 0.5) is 0 Å². The third-order valence-electron chi connectivity index (χ3n) is 3.74. The van der Waals surface area contributed by atoms with Crippen LogP contribution in [0.25, 0.3) is 0 Å². The molecule has 2 aromatic rings. The first-order chi connectivity index (χ1) is 10.1. The Morgan fingerprint density at radius 2 is 2.48 bits per heavy atom. The molecule has 0 spiro atoms. The van der Waals surface area contributed by atoms with E-state index in [9.17, 15) is 4.79 Å². The monoisotopic (exact) mass is 305 g/mol. The standard InChI is InChI=1S/C15H19N3O2S/c1-10(13-4-3-7-21-13)16-15(19)12-8-18(2)17-14(12)11-5-6-20-9-11/h3-4,7-8,10-11H,5-6,9H2,1-2H3,(H,16,19)/t10-,11-/m1/s1. The number of hydrogen-bond acceptors (Lipinski definition) is 4. The molecule has 3 rings (SSSR count). The van der Waals surface area contributed by atoms with Crippen molar-refractivity contribution >= 4 is 17.2 Å². The van der Waals surface area contributed by atoms with Crippen LogP contribution >= 0.6 is 11.3 Å². The average molecular weight is 305 g/mol. The first kappa shape index (κ1) is 14.3. The Labute approximate surface area is 127 Å². The van der Waals surface area contributed by atoms with Crippen LogP contribution < -0.4 is 5.32 Å². The Bertz CT molecular complexity index is 615. The van der Waals surface area contributed by atoms with E-state index in [1.165, 1.54) is 0 Å².